The van der Waals surface area contributed by atoms with Crippen LogP contribution in [0.5, 0.6) is 0 Å². The maximum absolute atomic E-state index is 6.32. The van der Waals surface area contributed by atoms with Crippen LogP contribution in [0.3, 0.4) is 0 Å². The van der Waals surface area contributed by atoms with Gasteiger partial charge in [-0.25, -0.2) is 0 Å². The molecule has 0 nitrogen and oxygen atoms in total. The molecular weight excluding hydrogens is 458 g/mol. The highest BCUT2D eigenvalue weighted by Crippen LogP contribution is 2.36. The Morgan fingerprint density at radius 2 is 1.52 bits per heavy atom. The van der Waals surface area contributed by atoms with E-state index in [-0.39, 0.29) is 5.41 Å². The van der Waals surface area contributed by atoms with E-state index in [1.54, 1.807) is 6.07 Å². The summed E-state index contributed by atoms with van der Waals surface area (Å²) < 4.78 is 0. The second-order valence-corrected chi connectivity index (χ2v) is 7.37. The van der Waals surface area contributed by atoms with E-state index in [1.807, 2.05) is 30.3 Å². The van der Waals surface area contributed by atoms with Crippen LogP contribution in [0, 0.1) is 0 Å². The molecular formula is C16H13Br2Cl3. The first-order valence-corrected chi connectivity index (χ1v) is 9.70. The van der Waals surface area contributed by atoms with Crippen LogP contribution in [-0.2, 0) is 11.8 Å². The molecule has 112 valence electrons. The largest absolute Gasteiger partial charge is 0.0918 e. The molecule has 0 saturated carbocycles. The summed E-state index contributed by atoms with van der Waals surface area (Å²) in [5.41, 5.74) is 2.06. The third-order valence-electron chi connectivity index (χ3n) is 3.49. The highest BCUT2D eigenvalue weighted by molar-refractivity contribution is 9.09. The van der Waals surface area contributed by atoms with Crippen LogP contribution < -0.4 is 0 Å². The SMILES string of the molecule is Clc1cccc(C(CBr)(CBr)Cc2cc(Cl)ccc2Cl)c1. The second kappa shape index (κ2) is 7.70. The summed E-state index contributed by atoms with van der Waals surface area (Å²) in [5, 5.41) is 3.73. The van der Waals surface area contributed by atoms with Crippen molar-refractivity contribution in [2.24, 2.45) is 0 Å². The van der Waals surface area contributed by atoms with E-state index in [9.17, 15) is 0 Å². The zero-order valence-corrected chi connectivity index (χ0v) is 16.5. The van der Waals surface area contributed by atoms with E-state index in [0.29, 0.717) is 5.02 Å². The molecule has 0 amide bonds. The maximum Gasteiger partial charge on any atom is 0.0439 e. The normalized spacial score (nSPS) is 11.7. The Balaban J connectivity index is 2.45. The summed E-state index contributed by atoms with van der Waals surface area (Å²) in [4.78, 5) is 0. The van der Waals surface area contributed by atoms with Gasteiger partial charge < -0.3 is 0 Å². The van der Waals surface area contributed by atoms with E-state index in [2.05, 4.69) is 37.9 Å². The Morgan fingerprint density at radius 3 is 2.14 bits per heavy atom. The quantitative estimate of drug-likeness (QED) is 0.416. The van der Waals surface area contributed by atoms with Gasteiger partial charge in [0.1, 0.15) is 0 Å². The minimum Gasteiger partial charge on any atom is -0.0918 e. The van der Waals surface area contributed by atoms with Crippen molar-refractivity contribution >= 4 is 66.7 Å². The van der Waals surface area contributed by atoms with Gasteiger partial charge in [0.2, 0.25) is 0 Å². The molecule has 2 aromatic carbocycles. The van der Waals surface area contributed by atoms with Crippen molar-refractivity contribution in [3.8, 4) is 0 Å². The van der Waals surface area contributed by atoms with Gasteiger partial charge in [0.15, 0.2) is 0 Å². The topological polar surface area (TPSA) is 0 Å². The molecule has 5 heteroatoms. The van der Waals surface area contributed by atoms with Gasteiger partial charge in [-0.1, -0.05) is 78.8 Å². The van der Waals surface area contributed by atoms with Gasteiger partial charge >= 0.3 is 0 Å². The van der Waals surface area contributed by atoms with Gasteiger partial charge in [-0.15, -0.1) is 0 Å². The van der Waals surface area contributed by atoms with Gasteiger partial charge in [0, 0.05) is 31.1 Å². The summed E-state index contributed by atoms with van der Waals surface area (Å²) in [6.45, 7) is 0. The zero-order valence-electron chi connectivity index (χ0n) is 11.1. The molecule has 0 heterocycles. The average molecular weight is 471 g/mol. The van der Waals surface area contributed by atoms with E-state index in [0.717, 1.165) is 32.7 Å². The molecule has 0 radical (unpaired) electrons. The Hall–Kier alpha value is 0.270. The van der Waals surface area contributed by atoms with Gasteiger partial charge in [0.05, 0.1) is 0 Å². The van der Waals surface area contributed by atoms with E-state index < -0.39 is 0 Å². The molecule has 0 aromatic heterocycles. The lowest BCUT2D eigenvalue weighted by Gasteiger charge is -2.31. The predicted molar refractivity (Wildman–Crippen MR) is 101 cm³/mol. The van der Waals surface area contributed by atoms with E-state index in [1.165, 1.54) is 5.56 Å². The van der Waals surface area contributed by atoms with Crippen molar-refractivity contribution in [3.63, 3.8) is 0 Å². The van der Waals surface area contributed by atoms with Crippen molar-refractivity contribution in [2.75, 3.05) is 10.7 Å². The Morgan fingerprint density at radius 1 is 0.857 bits per heavy atom. The van der Waals surface area contributed by atoms with E-state index >= 15 is 0 Å². The lowest BCUT2D eigenvalue weighted by atomic mass is 9.79. The van der Waals surface area contributed by atoms with Gasteiger partial charge in [-0.3, -0.25) is 0 Å². The van der Waals surface area contributed by atoms with Crippen LogP contribution in [0.15, 0.2) is 42.5 Å². The third-order valence-corrected chi connectivity index (χ3v) is 6.47. The number of alkyl halides is 2. The van der Waals surface area contributed by atoms with Crippen LogP contribution in [0.2, 0.25) is 15.1 Å². The van der Waals surface area contributed by atoms with Crippen molar-refractivity contribution in [1.82, 2.24) is 0 Å². The molecule has 0 saturated heterocycles. The Labute approximate surface area is 157 Å². The van der Waals surface area contributed by atoms with Crippen molar-refractivity contribution < 1.29 is 0 Å². The summed E-state index contributed by atoms with van der Waals surface area (Å²) in [6, 6.07) is 13.5. The summed E-state index contributed by atoms with van der Waals surface area (Å²) in [5.74, 6) is 0. The standard InChI is InChI=1S/C16H13Br2Cl3/c17-9-16(10-18,12-2-1-3-13(19)7-12)8-11-6-14(20)4-5-15(11)21/h1-7H,8-10H2. The lowest BCUT2D eigenvalue weighted by molar-refractivity contribution is 0.551. The van der Waals surface area contributed by atoms with Crippen molar-refractivity contribution in [2.45, 2.75) is 11.8 Å². The third kappa shape index (κ3) is 4.17. The first-order chi connectivity index (χ1) is 10.0. The second-order valence-electron chi connectivity index (χ2n) is 4.97. The number of hydrogen-bond donors (Lipinski definition) is 0. The molecule has 0 aliphatic carbocycles. The van der Waals surface area contributed by atoms with Gasteiger partial charge in [-0.2, -0.15) is 0 Å². The van der Waals surface area contributed by atoms with Crippen molar-refractivity contribution in [1.29, 1.82) is 0 Å². The minimum absolute atomic E-state index is 0.140. The van der Waals surface area contributed by atoms with Gasteiger partial charge in [-0.05, 0) is 47.9 Å². The first-order valence-electron chi connectivity index (χ1n) is 6.33. The molecule has 0 aliphatic heterocycles. The molecule has 0 unspecified atom stereocenters. The van der Waals surface area contributed by atoms with Crippen LogP contribution in [0.4, 0.5) is 0 Å². The predicted octanol–water partition coefficient (Wildman–Crippen LogP) is 6.92. The average Bonchev–Trinajstić information content (AvgIpc) is 2.48. The summed E-state index contributed by atoms with van der Waals surface area (Å²) in [6.07, 6.45) is 0.767. The van der Waals surface area contributed by atoms with E-state index in [4.69, 9.17) is 34.8 Å². The Kier molecular flexibility index (Phi) is 6.46. The summed E-state index contributed by atoms with van der Waals surface area (Å²) >= 11 is 25.9. The molecule has 2 rings (SSSR count). The van der Waals surface area contributed by atoms with Crippen molar-refractivity contribution in [3.05, 3.63) is 68.7 Å². The van der Waals surface area contributed by atoms with Gasteiger partial charge in [0.25, 0.3) is 0 Å². The van der Waals surface area contributed by atoms with Crippen LogP contribution in [0.1, 0.15) is 11.1 Å². The molecule has 0 aliphatic rings. The number of hydrogen-bond acceptors (Lipinski definition) is 0. The highest BCUT2D eigenvalue weighted by atomic mass is 79.9. The smallest absolute Gasteiger partial charge is 0.0439 e. The fraction of sp³-hybridized carbons (Fsp3) is 0.250. The van der Waals surface area contributed by atoms with Crippen LogP contribution >= 0.6 is 66.7 Å². The molecule has 2 aromatic rings. The molecule has 0 spiro atoms. The zero-order chi connectivity index (χ0) is 15.5. The molecule has 0 fully saturated rings. The number of rotatable bonds is 5. The Bertz CT molecular complexity index is 625. The highest BCUT2D eigenvalue weighted by Gasteiger charge is 2.31. The molecule has 0 bridgehead atoms. The number of benzene rings is 2. The summed E-state index contributed by atoms with van der Waals surface area (Å²) in [7, 11) is 0. The lowest BCUT2D eigenvalue weighted by Crippen LogP contribution is -2.33. The fourth-order valence-corrected chi connectivity index (χ4v) is 4.79. The fourth-order valence-electron chi connectivity index (χ4n) is 2.25. The molecule has 0 atom stereocenters. The first kappa shape index (κ1) is 17.6. The maximum atomic E-state index is 6.32. The van der Waals surface area contributed by atoms with Crippen LogP contribution in [0.25, 0.3) is 0 Å². The number of halogens is 5. The minimum atomic E-state index is -0.140. The van der Waals surface area contributed by atoms with Crippen LogP contribution in [-0.4, -0.2) is 10.7 Å². The molecule has 21 heavy (non-hydrogen) atoms. The molecule has 0 N–H and O–H groups in total. The monoisotopic (exact) mass is 468 g/mol.